The molecule has 19 heavy (non-hydrogen) atoms. The van der Waals surface area contributed by atoms with Crippen molar-refractivity contribution in [1.29, 1.82) is 0 Å². The van der Waals surface area contributed by atoms with Crippen LogP contribution in [-0.2, 0) is 0 Å². The molecule has 1 atom stereocenters. The fraction of sp³-hybridized carbons (Fsp3) is 0.625. The lowest BCUT2D eigenvalue weighted by atomic mass is 10.2. The van der Waals surface area contributed by atoms with Gasteiger partial charge in [0.2, 0.25) is 0 Å². The van der Waals surface area contributed by atoms with Crippen molar-refractivity contribution in [2.75, 3.05) is 42.5 Å². The molecule has 2 heterocycles. The average molecular weight is 259 g/mol. The summed E-state index contributed by atoms with van der Waals surface area (Å²) in [6.07, 6.45) is 3.92. The van der Waals surface area contributed by atoms with Crippen LogP contribution in [0, 0.1) is 0 Å². The van der Waals surface area contributed by atoms with Crippen molar-refractivity contribution in [1.82, 2.24) is 5.32 Å². The Bertz CT molecular complexity index is 395. The molecule has 1 unspecified atom stereocenters. The maximum atomic E-state index is 3.55. The lowest BCUT2D eigenvalue weighted by Crippen LogP contribution is -2.35. The molecule has 0 amide bonds. The van der Waals surface area contributed by atoms with Gasteiger partial charge in [-0.15, -0.1) is 0 Å². The van der Waals surface area contributed by atoms with Gasteiger partial charge in [0.1, 0.15) is 0 Å². The van der Waals surface area contributed by atoms with Crippen LogP contribution in [0.1, 0.15) is 26.2 Å². The molecule has 0 saturated carbocycles. The van der Waals surface area contributed by atoms with Crippen LogP contribution >= 0.6 is 0 Å². The number of hydrogen-bond donors (Lipinski definition) is 1. The lowest BCUT2D eigenvalue weighted by molar-refractivity contribution is 0.585. The van der Waals surface area contributed by atoms with Crippen molar-refractivity contribution in [3.63, 3.8) is 0 Å². The molecule has 2 aliphatic rings. The van der Waals surface area contributed by atoms with Gasteiger partial charge in [0.05, 0.1) is 0 Å². The average Bonchev–Trinajstić information content (AvgIpc) is 2.88. The molecule has 2 aliphatic heterocycles. The van der Waals surface area contributed by atoms with Crippen LogP contribution < -0.4 is 15.1 Å². The van der Waals surface area contributed by atoms with E-state index in [9.17, 15) is 0 Å². The zero-order chi connectivity index (χ0) is 13.1. The molecule has 0 bridgehead atoms. The first-order valence-corrected chi connectivity index (χ1v) is 7.66. The van der Waals surface area contributed by atoms with Gasteiger partial charge in [0, 0.05) is 43.6 Å². The largest absolute Gasteiger partial charge is 0.372 e. The first-order chi connectivity index (χ1) is 9.33. The normalized spacial score (nSPS) is 24.6. The van der Waals surface area contributed by atoms with Gasteiger partial charge in [-0.2, -0.15) is 0 Å². The van der Waals surface area contributed by atoms with E-state index in [0.717, 1.165) is 13.1 Å². The summed E-state index contributed by atoms with van der Waals surface area (Å²) in [5.41, 5.74) is 2.76. The van der Waals surface area contributed by atoms with E-state index < -0.39 is 0 Å². The van der Waals surface area contributed by atoms with Crippen LogP contribution in [0.2, 0.25) is 0 Å². The molecule has 2 saturated heterocycles. The highest BCUT2D eigenvalue weighted by Gasteiger charge is 2.16. The van der Waals surface area contributed by atoms with E-state index in [4.69, 9.17) is 0 Å². The van der Waals surface area contributed by atoms with E-state index in [1.807, 2.05) is 0 Å². The number of hydrogen-bond acceptors (Lipinski definition) is 3. The predicted molar refractivity (Wildman–Crippen MR) is 82.2 cm³/mol. The molecule has 3 heteroatoms. The Hall–Kier alpha value is -1.22. The fourth-order valence-corrected chi connectivity index (χ4v) is 3.19. The number of nitrogens with zero attached hydrogens (tertiary/aromatic N) is 2. The highest BCUT2D eigenvalue weighted by molar-refractivity contribution is 5.57. The Morgan fingerprint density at radius 3 is 2.16 bits per heavy atom. The highest BCUT2D eigenvalue weighted by Crippen LogP contribution is 2.24. The topological polar surface area (TPSA) is 18.5 Å². The van der Waals surface area contributed by atoms with Crippen LogP contribution in [0.5, 0.6) is 0 Å². The van der Waals surface area contributed by atoms with Crippen LogP contribution in [0.15, 0.2) is 24.3 Å². The summed E-state index contributed by atoms with van der Waals surface area (Å²) in [7, 11) is 0. The van der Waals surface area contributed by atoms with Gasteiger partial charge >= 0.3 is 0 Å². The molecular formula is C16H25N3. The summed E-state index contributed by atoms with van der Waals surface area (Å²) < 4.78 is 0. The standard InChI is InChI=1S/C16H25N3/c1-14-13-19(12-4-9-17-14)16-7-5-15(6-8-16)18-10-2-3-11-18/h5-8,14,17H,2-4,9-13H2,1H3. The number of nitrogens with one attached hydrogen (secondary N) is 1. The molecule has 0 aliphatic carbocycles. The maximum absolute atomic E-state index is 3.55. The third-order valence-electron chi connectivity index (χ3n) is 4.28. The van der Waals surface area contributed by atoms with Crippen molar-refractivity contribution < 1.29 is 0 Å². The van der Waals surface area contributed by atoms with Gasteiger partial charge in [-0.3, -0.25) is 0 Å². The van der Waals surface area contributed by atoms with Gasteiger partial charge in [-0.05, 0) is 57.0 Å². The molecule has 0 aromatic heterocycles. The van der Waals surface area contributed by atoms with E-state index in [1.54, 1.807) is 0 Å². The molecule has 3 rings (SSSR count). The molecule has 0 spiro atoms. The molecule has 2 fully saturated rings. The van der Waals surface area contributed by atoms with Crippen LogP contribution in [-0.4, -0.2) is 38.8 Å². The number of rotatable bonds is 2. The number of benzene rings is 1. The minimum atomic E-state index is 0.584. The second-order valence-electron chi connectivity index (χ2n) is 5.87. The fourth-order valence-electron chi connectivity index (χ4n) is 3.19. The zero-order valence-electron chi connectivity index (χ0n) is 11.9. The first kappa shape index (κ1) is 12.8. The zero-order valence-corrected chi connectivity index (χ0v) is 11.9. The van der Waals surface area contributed by atoms with Crippen LogP contribution in [0.25, 0.3) is 0 Å². The molecule has 1 aromatic rings. The van der Waals surface area contributed by atoms with Crippen molar-refractivity contribution in [2.24, 2.45) is 0 Å². The van der Waals surface area contributed by atoms with Crippen molar-refractivity contribution >= 4 is 11.4 Å². The van der Waals surface area contributed by atoms with Gasteiger partial charge in [0.15, 0.2) is 0 Å². The summed E-state index contributed by atoms with van der Waals surface area (Å²) in [6.45, 7) is 8.15. The van der Waals surface area contributed by atoms with E-state index in [2.05, 4.69) is 46.3 Å². The Kier molecular flexibility index (Phi) is 3.92. The van der Waals surface area contributed by atoms with Gasteiger partial charge in [-0.1, -0.05) is 0 Å². The summed E-state index contributed by atoms with van der Waals surface area (Å²) in [4.78, 5) is 5.01. The molecule has 0 radical (unpaired) electrons. The molecule has 104 valence electrons. The van der Waals surface area contributed by atoms with Gasteiger partial charge in [-0.25, -0.2) is 0 Å². The Balaban J connectivity index is 1.70. The van der Waals surface area contributed by atoms with Crippen molar-refractivity contribution in [3.8, 4) is 0 Å². The summed E-state index contributed by atoms with van der Waals surface area (Å²) in [5, 5.41) is 3.55. The minimum Gasteiger partial charge on any atom is -0.372 e. The minimum absolute atomic E-state index is 0.584. The van der Waals surface area contributed by atoms with Gasteiger partial charge < -0.3 is 15.1 Å². The second kappa shape index (κ2) is 5.83. The maximum Gasteiger partial charge on any atom is 0.0368 e. The molecular weight excluding hydrogens is 234 g/mol. The third-order valence-corrected chi connectivity index (χ3v) is 4.28. The SMILES string of the molecule is CC1CN(c2ccc(N3CCCC3)cc2)CCCN1. The Labute approximate surface area is 116 Å². The third kappa shape index (κ3) is 3.03. The smallest absolute Gasteiger partial charge is 0.0368 e. The van der Waals surface area contributed by atoms with Gasteiger partial charge in [0.25, 0.3) is 0 Å². The van der Waals surface area contributed by atoms with Crippen molar-refractivity contribution in [3.05, 3.63) is 24.3 Å². The summed E-state index contributed by atoms with van der Waals surface area (Å²) in [6, 6.07) is 9.77. The highest BCUT2D eigenvalue weighted by atomic mass is 15.2. The first-order valence-electron chi connectivity index (χ1n) is 7.66. The summed E-state index contributed by atoms with van der Waals surface area (Å²) in [5.74, 6) is 0. The van der Waals surface area contributed by atoms with E-state index >= 15 is 0 Å². The second-order valence-corrected chi connectivity index (χ2v) is 5.87. The summed E-state index contributed by atoms with van der Waals surface area (Å²) >= 11 is 0. The predicted octanol–water partition coefficient (Wildman–Crippen LogP) is 2.48. The van der Waals surface area contributed by atoms with Crippen molar-refractivity contribution in [2.45, 2.75) is 32.2 Å². The molecule has 1 aromatic carbocycles. The number of anilines is 2. The monoisotopic (exact) mass is 259 g/mol. The van der Waals surface area contributed by atoms with E-state index in [1.165, 1.54) is 50.3 Å². The molecule has 3 nitrogen and oxygen atoms in total. The van der Waals surface area contributed by atoms with Crippen LogP contribution in [0.4, 0.5) is 11.4 Å². The molecule has 1 N–H and O–H groups in total. The Morgan fingerprint density at radius 1 is 0.895 bits per heavy atom. The van der Waals surface area contributed by atoms with E-state index in [-0.39, 0.29) is 0 Å². The van der Waals surface area contributed by atoms with E-state index in [0.29, 0.717) is 6.04 Å². The quantitative estimate of drug-likeness (QED) is 0.880. The van der Waals surface area contributed by atoms with Crippen LogP contribution in [0.3, 0.4) is 0 Å². The lowest BCUT2D eigenvalue weighted by Gasteiger charge is -2.26. The Morgan fingerprint density at radius 2 is 1.47 bits per heavy atom.